The van der Waals surface area contributed by atoms with E-state index in [0.717, 1.165) is 22.3 Å². The van der Waals surface area contributed by atoms with Crippen molar-refractivity contribution >= 4 is 60.4 Å². The van der Waals surface area contributed by atoms with Crippen LogP contribution >= 0.6 is 23.6 Å². The highest BCUT2D eigenvalue weighted by Crippen LogP contribution is 2.36. The Labute approximate surface area is 188 Å². The number of carbonyl (C=O) groups excluding carboxylic acids is 1. The lowest BCUT2D eigenvalue weighted by Crippen LogP contribution is -2.51. The molecule has 0 bridgehead atoms. The van der Waals surface area contributed by atoms with Gasteiger partial charge in [0.2, 0.25) is 10.0 Å². The summed E-state index contributed by atoms with van der Waals surface area (Å²) in [5.41, 5.74) is 5.75. The lowest BCUT2D eigenvalue weighted by atomic mass is 9.93. The van der Waals surface area contributed by atoms with Crippen molar-refractivity contribution in [3.05, 3.63) is 59.0 Å². The number of thiocarbonyl (C=S) groups is 1. The first-order valence-electron chi connectivity index (χ1n) is 8.96. The normalized spacial score (nSPS) is 13.5. The molecule has 0 aliphatic carbocycles. The van der Waals surface area contributed by atoms with Crippen molar-refractivity contribution in [2.75, 3.05) is 18.1 Å². The molecule has 0 saturated carbocycles. The van der Waals surface area contributed by atoms with Gasteiger partial charge in [-0.2, -0.15) is 0 Å². The Hall–Kier alpha value is -2.67. The highest BCUT2D eigenvalue weighted by Gasteiger charge is 2.35. The number of rotatable bonds is 7. The molecule has 3 rings (SSSR count). The first-order chi connectivity index (χ1) is 14.5. The molecule has 31 heavy (non-hydrogen) atoms. The Balaban J connectivity index is 2.00. The predicted octanol–water partition coefficient (Wildman–Crippen LogP) is 2.29. The standard InChI is InChI=1S/C19H20FN5O3S3/c1-19(25-18(21)29,10-31(27,28)22-2)14-9-30-16-6-4-12(7-13(14)16)24-17(26)15-5-3-11(20)8-23-15/h3-9,22H,10H2,1-2H3,(H,24,26)(H3,21,25,29). The zero-order valence-corrected chi connectivity index (χ0v) is 19.1. The van der Waals surface area contributed by atoms with Crippen LogP contribution in [0.1, 0.15) is 23.0 Å². The molecule has 5 N–H and O–H groups in total. The molecular weight excluding hydrogens is 461 g/mol. The van der Waals surface area contributed by atoms with Gasteiger partial charge in [0.25, 0.3) is 5.91 Å². The van der Waals surface area contributed by atoms with E-state index in [4.69, 9.17) is 18.0 Å². The Morgan fingerprint density at radius 3 is 2.68 bits per heavy atom. The molecule has 1 atom stereocenters. The molecule has 164 valence electrons. The van der Waals surface area contributed by atoms with Gasteiger partial charge in [-0.05, 0) is 67.5 Å². The van der Waals surface area contributed by atoms with E-state index in [0.29, 0.717) is 11.3 Å². The largest absolute Gasteiger partial charge is 0.376 e. The number of amides is 1. The number of carbonyl (C=O) groups is 1. The zero-order valence-electron chi connectivity index (χ0n) is 16.6. The summed E-state index contributed by atoms with van der Waals surface area (Å²) in [6.07, 6.45) is 0.962. The SMILES string of the molecule is CNS(=O)(=O)CC(C)(NC(N)=S)c1csc2ccc(NC(=O)c3ccc(F)cn3)cc12. The Morgan fingerprint density at radius 1 is 1.32 bits per heavy atom. The lowest BCUT2D eigenvalue weighted by molar-refractivity contribution is 0.102. The predicted molar refractivity (Wildman–Crippen MR) is 124 cm³/mol. The van der Waals surface area contributed by atoms with E-state index in [9.17, 15) is 17.6 Å². The minimum absolute atomic E-state index is 0.0417. The molecular formula is C19H20FN5O3S3. The van der Waals surface area contributed by atoms with Crippen LogP contribution in [-0.2, 0) is 15.6 Å². The molecule has 3 aromatic rings. The van der Waals surface area contributed by atoms with Crippen LogP contribution in [0.4, 0.5) is 10.1 Å². The number of hydrogen-bond donors (Lipinski definition) is 4. The third kappa shape index (κ3) is 5.34. The van der Waals surface area contributed by atoms with Crippen LogP contribution in [0.2, 0.25) is 0 Å². The minimum atomic E-state index is -3.62. The fraction of sp³-hybridized carbons (Fsp3) is 0.211. The Kier molecular flexibility index (Phi) is 6.55. The number of fused-ring (bicyclic) bond motifs is 1. The summed E-state index contributed by atoms with van der Waals surface area (Å²) in [6, 6.07) is 7.69. The Morgan fingerprint density at radius 2 is 2.06 bits per heavy atom. The maximum Gasteiger partial charge on any atom is 0.274 e. The van der Waals surface area contributed by atoms with E-state index in [1.165, 1.54) is 24.5 Å². The van der Waals surface area contributed by atoms with Gasteiger partial charge in [0.15, 0.2) is 5.11 Å². The number of sulfonamides is 1. The number of hydrogen-bond acceptors (Lipinski definition) is 6. The smallest absolute Gasteiger partial charge is 0.274 e. The molecule has 0 fully saturated rings. The van der Waals surface area contributed by atoms with Crippen LogP contribution in [0.3, 0.4) is 0 Å². The molecule has 12 heteroatoms. The topological polar surface area (TPSA) is 126 Å². The first kappa shape index (κ1) is 23.0. The second-order valence-corrected chi connectivity index (χ2v) is 10.2. The molecule has 0 spiro atoms. The van der Waals surface area contributed by atoms with Crippen LogP contribution in [0, 0.1) is 5.82 Å². The number of halogens is 1. The zero-order chi connectivity index (χ0) is 22.8. The van der Waals surface area contributed by atoms with Gasteiger partial charge in [-0.25, -0.2) is 22.5 Å². The van der Waals surface area contributed by atoms with Gasteiger partial charge in [0, 0.05) is 15.8 Å². The van der Waals surface area contributed by atoms with Gasteiger partial charge in [0.05, 0.1) is 17.5 Å². The monoisotopic (exact) mass is 481 g/mol. The van der Waals surface area contributed by atoms with Crippen LogP contribution < -0.4 is 21.1 Å². The summed E-state index contributed by atoms with van der Waals surface area (Å²) in [6.45, 7) is 1.69. The molecule has 0 aliphatic rings. The summed E-state index contributed by atoms with van der Waals surface area (Å²) in [5, 5.41) is 8.13. The van der Waals surface area contributed by atoms with Gasteiger partial charge in [0.1, 0.15) is 11.5 Å². The second-order valence-electron chi connectivity index (χ2n) is 6.96. The fourth-order valence-corrected chi connectivity index (χ4v) is 5.58. The van der Waals surface area contributed by atoms with Gasteiger partial charge in [-0.15, -0.1) is 11.3 Å². The van der Waals surface area contributed by atoms with E-state index in [1.54, 1.807) is 19.1 Å². The van der Waals surface area contributed by atoms with Crippen molar-refractivity contribution in [2.24, 2.45) is 5.73 Å². The molecule has 1 amide bonds. The van der Waals surface area contributed by atoms with E-state index in [1.807, 2.05) is 11.4 Å². The molecule has 0 aliphatic heterocycles. The molecule has 0 saturated heterocycles. The van der Waals surface area contributed by atoms with Gasteiger partial charge in [-0.1, -0.05) is 0 Å². The third-order valence-electron chi connectivity index (χ3n) is 4.57. The molecule has 2 heterocycles. The molecule has 8 nitrogen and oxygen atoms in total. The van der Waals surface area contributed by atoms with Gasteiger partial charge in [-0.3, -0.25) is 4.79 Å². The van der Waals surface area contributed by atoms with Crippen molar-refractivity contribution in [3.8, 4) is 0 Å². The fourth-order valence-electron chi connectivity index (χ4n) is 3.14. The average molecular weight is 482 g/mol. The van der Waals surface area contributed by atoms with Crippen molar-refractivity contribution in [2.45, 2.75) is 12.5 Å². The van der Waals surface area contributed by atoms with Crippen molar-refractivity contribution in [1.82, 2.24) is 15.0 Å². The quantitative estimate of drug-likeness (QED) is 0.382. The average Bonchev–Trinajstić information content (AvgIpc) is 3.11. The van der Waals surface area contributed by atoms with Crippen LogP contribution in [0.15, 0.2) is 41.9 Å². The number of aromatic nitrogens is 1. The summed E-state index contributed by atoms with van der Waals surface area (Å²) in [5.74, 6) is -1.35. The number of pyridine rings is 1. The molecule has 0 radical (unpaired) electrons. The van der Waals surface area contributed by atoms with Crippen molar-refractivity contribution < 1.29 is 17.6 Å². The number of nitrogens with two attached hydrogens (primary N) is 1. The van der Waals surface area contributed by atoms with Crippen LogP contribution in [-0.4, -0.2) is 37.2 Å². The number of thiophene rings is 1. The van der Waals surface area contributed by atoms with Crippen LogP contribution in [0.5, 0.6) is 0 Å². The Bertz CT molecular complexity index is 1240. The summed E-state index contributed by atoms with van der Waals surface area (Å²) in [4.78, 5) is 16.2. The summed E-state index contributed by atoms with van der Waals surface area (Å²) >= 11 is 6.40. The second kappa shape index (κ2) is 8.83. The van der Waals surface area contributed by atoms with E-state index < -0.39 is 27.3 Å². The third-order valence-corrected chi connectivity index (χ3v) is 7.22. The van der Waals surface area contributed by atoms with E-state index in [-0.39, 0.29) is 16.6 Å². The maximum absolute atomic E-state index is 13.0. The number of nitrogens with one attached hydrogen (secondary N) is 3. The van der Waals surface area contributed by atoms with E-state index in [2.05, 4.69) is 20.3 Å². The highest BCUT2D eigenvalue weighted by atomic mass is 32.2. The van der Waals surface area contributed by atoms with Gasteiger partial charge >= 0.3 is 0 Å². The lowest BCUT2D eigenvalue weighted by Gasteiger charge is -2.31. The minimum Gasteiger partial charge on any atom is -0.376 e. The number of benzene rings is 1. The van der Waals surface area contributed by atoms with E-state index >= 15 is 0 Å². The highest BCUT2D eigenvalue weighted by molar-refractivity contribution is 7.89. The summed E-state index contributed by atoms with van der Waals surface area (Å²) < 4.78 is 40.8. The maximum atomic E-state index is 13.0. The first-order valence-corrected chi connectivity index (χ1v) is 11.9. The molecule has 2 aromatic heterocycles. The van der Waals surface area contributed by atoms with Crippen molar-refractivity contribution in [1.29, 1.82) is 0 Å². The summed E-state index contributed by atoms with van der Waals surface area (Å²) in [7, 11) is -2.29. The van der Waals surface area contributed by atoms with Crippen LogP contribution in [0.25, 0.3) is 10.1 Å². The molecule has 1 aromatic carbocycles. The number of nitrogens with zero attached hydrogens (tertiary/aromatic N) is 1. The van der Waals surface area contributed by atoms with Gasteiger partial charge < -0.3 is 16.4 Å². The molecule has 1 unspecified atom stereocenters. The number of anilines is 1. The van der Waals surface area contributed by atoms with Crippen molar-refractivity contribution in [3.63, 3.8) is 0 Å².